The molecule has 0 aliphatic heterocycles. The summed E-state index contributed by atoms with van der Waals surface area (Å²) in [6, 6.07) is 6.92. The maximum Gasteiger partial charge on any atom is 0.417 e. The van der Waals surface area contributed by atoms with E-state index in [2.05, 4.69) is 15.5 Å². The van der Waals surface area contributed by atoms with Crippen LogP contribution in [0.25, 0.3) is 11.1 Å². The van der Waals surface area contributed by atoms with E-state index in [0.717, 1.165) is 35.0 Å². The third-order valence-electron chi connectivity index (χ3n) is 5.83. The number of benzene rings is 1. The van der Waals surface area contributed by atoms with Gasteiger partial charge in [0.25, 0.3) is 11.5 Å². The summed E-state index contributed by atoms with van der Waals surface area (Å²) >= 11 is 5.98. The third kappa shape index (κ3) is 6.15. The van der Waals surface area contributed by atoms with Crippen molar-refractivity contribution in [2.24, 2.45) is 5.73 Å². The lowest BCUT2D eigenvalue weighted by Gasteiger charge is -2.21. The van der Waals surface area contributed by atoms with Gasteiger partial charge in [-0.2, -0.15) is 13.2 Å². The number of ether oxygens (including phenoxy) is 1. The van der Waals surface area contributed by atoms with Crippen LogP contribution in [0.2, 0.25) is 5.02 Å². The fraction of sp³-hybridized carbons (Fsp3) is 0.192. The highest BCUT2D eigenvalue weighted by Gasteiger charge is 2.35. The summed E-state index contributed by atoms with van der Waals surface area (Å²) in [5, 5.41) is 6.41. The van der Waals surface area contributed by atoms with Crippen molar-refractivity contribution < 1.29 is 32.0 Å². The first kappa shape index (κ1) is 28.4. The van der Waals surface area contributed by atoms with E-state index in [1.165, 1.54) is 25.4 Å². The van der Waals surface area contributed by atoms with Gasteiger partial charge in [0.2, 0.25) is 5.91 Å². The number of carbonyl (C=O) groups excluding carboxylic acids is 2. The Hall–Kier alpha value is -4.65. The second kappa shape index (κ2) is 11.2. The van der Waals surface area contributed by atoms with Gasteiger partial charge in [-0.15, -0.1) is 0 Å². The van der Waals surface area contributed by atoms with Crippen LogP contribution in [-0.4, -0.2) is 33.6 Å². The first-order valence-corrected chi connectivity index (χ1v) is 11.9. The van der Waals surface area contributed by atoms with Crippen molar-refractivity contribution in [3.63, 3.8) is 0 Å². The topological polar surface area (TPSA) is 142 Å². The van der Waals surface area contributed by atoms with E-state index in [9.17, 15) is 27.6 Å². The molecule has 0 fully saturated rings. The molecule has 1 atom stereocenters. The third-order valence-corrected chi connectivity index (χ3v) is 6.07. The highest BCUT2D eigenvalue weighted by Crippen LogP contribution is 2.41. The molecular weight excluding hydrogens is 555 g/mol. The molecule has 0 spiro atoms. The summed E-state index contributed by atoms with van der Waals surface area (Å²) in [4.78, 5) is 41.9. The van der Waals surface area contributed by atoms with E-state index in [-0.39, 0.29) is 45.5 Å². The van der Waals surface area contributed by atoms with Gasteiger partial charge in [0.1, 0.15) is 23.2 Å². The molecule has 0 aliphatic rings. The standard InChI is InChI=1S/C26H21ClF3N5O5/c1-13-7-16(40-34-13)9-21(25(38)33-15-4-6-20(24(31)37)32-11-15)35-12-22(39-2)18(10-23(35)36)17-8-14(27)3-5-19(17)26(28,29)30/h3-8,10-12,21H,9H2,1-2H3,(H2,31,37)(H,33,38). The van der Waals surface area contributed by atoms with Crippen LogP contribution < -0.4 is 21.3 Å². The molecular formula is C26H21ClF3N5O5. The summed E-state index contributed by atoms with van der Waals surface area (Å²) in [5.41, 5.74) is 3.53. The van der Waals surface area contributed by atoms with Crippen LogP contribution in [0.5, 0.6) is 5.75 Å². The number of hydrogen-bond acceptors (Lipinski definition) is 7. The number of nitrogens with zero attached hydrogens (tertiary/aromatic N) is 3. The van der Waals surface area contributed by atoms with Crippen LogP contribution in [0, 0.1) is 6.92 Å². The highest BCUT2D eigenvalue weighted by atomic mass is 35.5. The maximum absolute atomic E-state index is 13.8. The molecule has 0 aliphatic carbocycles. The lowest BCUT2D eigenvalue weighted by atomic mass is 9.99. The van der Waals surface area contributed by atoms with Crippen molar-refractivity contribution in [1.29, 1.82) is 0 Å². The fourth-order valence-electron chi connectivity index (χ4n) is 3.99. The molecule has 0 radical (unpaired) electrons. The number of primary amides is 1. The van der Waals surface area contributed by atoms with Crippen molar-refractivity contribution in [1.82, 2.24) is 14.7 Å². The number of halogens is 4. The number of nitrogens with one attached hydrogen (secondary N) is 1. The van der Waals surface area contributed by atoms with Gasteiger partial charge in [-0.05, 0) is 42.8 Å². The van der Waals surface area contributed by atoms with Crippen molar-refractivity contribution in [2.75, 3.05) is 12.4 Å². The predicted molar refractivity (Wildman–Crippen MR) is 138 cm³/mol. The number of pyridine rings is 2. The number of aromatic nitrogens is 3. The number of alkyl halides is 3. The molecule has 4 aromatic rings. The van der Waals surface area contributed by atoms with Crippen LogP contribution in [0.1, 0.15) is 33.5 Å². The van der Waals surface area contributed by atoms with E-state index in [4.69, 9.17) is 26.6 Å². The van der Waals surface area contributed by atoms with E-state index in [1.54, 1.807) is 13.0 Å². The number of carbonyl (C=O) groups is 2. The van der Waals surface area contributed by atoms with Gasteiger partial charge in [-0.1, -0.05) is 16.8 Å². The Morgan fingerprint density at radius 3 is 2.50 bits per heavy atom. The molecule has 3 N–H and O–H groups in total. The summed E-state index contributed by atoms with van der Waals surface area (Å²) in [6.07, 6.45) is -2.55. The monoisotopic (exact) mass is 575 g/mol. The summed E-state index contributed by atoms with van der Waals surface area (Å²) in [5.74, 6) is -1.31. The molecule has 14 heteroatoms. The van der Waals surface area contributed by atoms with Gasteiger partial charge in [0, 0.05) is 29.1 Å². The summed E-state index contributed by atoms with van der Waals surface area (Å²) < 4.78 is 52.9. The molecule has 1 aromatic carbocycles. The van der Waals surface area contributed by atoms with Crippen molar-refractivity contribution in [3.05, 3.63) is 92.9 Å². The van der Waals surface area contributed by atoms with Crippen LogP contribution in [-0.2, 0) is 17.4 Å². The number of aryl methyl sites for hydroxylation is 1. The average Bonchev–Trinajstić information content (AvgIpc) is 3.31. The van der Waals surface area contributed by atoms with E-state index >= 15 is 0 Å². The van der Waals surface area contributed by atoms with Gasteiger partial charge < -0.3 is 20.3 Å². The normalized spacial score (nSPS) is 12.2. The Morgan fingerprint density at radius 2 is 1.93 bits per heavy atom. The number of nitrogens with two attached hydrogens (primary N) is 1. The Morgan fingerprint density at radius 1 is 1.18 bits per heavy atom. The second-order valence-corrected chi connectivity index (χ2v) is 9.07. The molecule has 208 valence electrons. The number of anilines is 1. The quantitative estimate of drug-likeness (QED) is 0.317. The lowest BCUT2D eigenvalue weighted by Crippen LogP contribution is -2.34. The van der Waals surface area contributed by atoms with E-state index < -0.39 is 35.2 Å². The fourth-order valence-corrected chi connectivity index (χ4v) is 4.16. The molecule has 40 heavy (non-hydrogen) atoms. The Labute approximate surface area is 229 Å². The smallest absolute Gasteiger partial charge is 0.417 e. The minimum atomic E-state index is -4.75. The van der Waals surface area contributed by atoms with Gasteiger partial charge in [-0.25, -0.2) is 4.98 Å². The van der Waals surface area contributed by atoms with E-state index in [1.807, 2.05) is 0 Å². The summed E-state index contributed by atoms with van der Waals surface area (Å²) in [7, 11) is 1.21. The zero-order valence-corrected chi connectivity index (χ0v) is 21.7. The molecule has 0 saturated heterocycles. The lowest BCUT2D eigenvalue weighted by molar-refractivity contribution is -0.137. The molecule has 0 bridgehead atoms. The van der Waals surface area contributed by atoms with Crippen LogP contribution in [0.4, 0.5) is 18.9 Å². The van der Waals surface area contributed by atoms with Crippen molar-refractivity contribution in [2.45, 2.75) is 25.6 Å². The number of amides is 2. The molecule has 3 heterocycles. The first-order chi connectivity index (χ1) is 18.9. The first-order valence-electron chi connectivity index (χ1n) is 11.5. The Balaban J connectivity index is 1.80. The molecule has 0 saturated carbocycles. The Bertz CT molecular complexity index is 1630. The second-order valence-electron chi connectivity index (χ2n) is 8.63. The van der Waals surface area contributed by atoms with Gasteiger partial charge in [0.05, 0.1) is 36.4 Å². The maximum atomic E-state index is 13.8. The summed E-state index contributed by atoms with van der Waals surface area (Å²) in [6.45, 7) is 1.67. The van der Waals surface area contributed by atoms with E-state index in [0.29, 0.717) is 5.69 Å². The van der Waals surface area contributed by atoms with Gasteiger partial charge >= 0.3 is 6.18 Å². The highest BCUT2D eigenvalue weighted by molar-refractivity contribution is 6.30. The molecule has 1 unspecified atom stereocenters. The van der Waals surface area contributed by atoms with Crippen molar-refractivity contribution in [3.8, 4) is 16.9 Å². The van der Waals surface area contributed by atoms with Crippen LogP contribution >= 0.6 is 11.6 Å². The number of methoxy groups -OCH3 is 1. The van der Waals surface area contributed by atoms with Gasteiger partial charge in [-0.3, -0.25) is 19.0 Å². The van der Waals surface area contributed by atoms with Gasteiger partial charge in [0.15, 0.2) is 0 Å². The van der Waals surface area contributed by atoms with Crippen molar-refractivity contribution >= 4 is 29.1 Å². The number of hydrogen-bond donors (Lipinski definition) is 2. The minimum Gasteiger partial charge on any atom is -0.495 e. The van der Waals surface area contributed by atoms with Crippen LogP contribution in [0.3, 0.4) is 0 Å². The molecule has 10 nitrogen and oxygen atoms in total. The SMILES string of the molecule is COc1cn(C(Cc2cc(C)no2)C(=O)Nc2ccc(C(N)=O)nc2)c(=O)cc1-c1cc(Cl)ccc1C(F)(F)F. The zero-order chi connectivity index (χ0) is 29.2. The molecule has 4 rings (SSSR count). The largest absolute Gasteiger partial charge is 0.495 e. The predicted octanol–water partition coefficient (Wildman–Crippen LogP) is 4.41. The Kier molecular flexibility index (Phi) is 7.96. The minimum absolute atomic E-state index is 0.0168. The zero-order valence-electron chi connectivity index (χ0n) is 21.0. The average molecular weight is 576 g/mol. The molecule has 2 amide bonds. The molecule has 3 aromatic heterocycles. The number of rotatable bonds is 8. The van der Waals surface area contributed by atoms with Crippen LogP contribution in [0.15, 0.2) is 64.2 Å².